The summed E-state index contributed by atoms with van der Waals surface area (Å²) in [5.41, 5.74) is -0.000556. The van der Waals surface area contributed by atoms with Crippen molar-refractivity contribution in [1.29, 1.82) is 0 Å². The van der Waals surface area contributed by atoms with E-state index >= 15 is 0 Å². The number of nitrogens with zero attached hydrogens (tertiary/aromatic N) is 1. The fraction of sp³-hybridized carbons (Fsp3) is 0.273. The highest BCUT2D eigenvalue weighted by Crippen LogP contribution is 2.26. The van der Waals surface area contributed by atoms with Gasteiger partial charge in [0.05, 0.1) is 5.92 Å². The van der Waals surface area contributed by atoms with E-state index in [0.29, 0.717) is 6.07 Å². The zero-order chi connectivity index (χ0) is 12.6. The van der Waals surface area contributed by atoms with Gasteiger partial charge < -0.3 is 0 Å². The molecule has 0 bridgehead atoms. The molecular weight excluding hydrogens is 238 g/mol. The molecule has 0 N–H and O–H groups in total. The molecule has 0 fully saturated rings. The topological polar surface area (TPSA) is 29.4 Å². The Morgan fingerprint density at radius 3 is 2.18 bits per heavy atom. The Bertz CT molecular complexity index is 466. The first-order chi connectivity index (χ1) is 7.99. The van der Waals surface area contributed by atoms with Crippen LogP contribution in [0.4, 0.5) is 17.6 Å². The minimum absolute atomic E-state index is 0.000556. The van der Waals surface area contributed by atoms with Gasteiger partial charge in [0, 0.05) is 12.3 Å². The highest BCUT2D eigenvalue weighted by Gasteiger charge is 2.37. The average Bonchev–Trinajstić information content (AvgIpc) is 2.58. The molecule has 0 spiro atoms. The van der Waals surface area contributed by atoms with Crippen LogP contribution in [0.5, 0.6) is 0 Å². The first-order valence-corrected chi connectivity index (χ1v) is 4.80. The summed E-state index contributed by atoms with van der Waals surface area (Å²) in [7, 11) is 0. The zero-order valence-electron chi connectivity index (χ0n) is 8.41. The van der Waals surface area contributed by atoms with Gasteiger partial charge in [-0.3, -0.25) is 9.79 Å². The third-order valence-corrected chi connectivity index (χ3v) is 2.48. The molecule has 1 heterocycles. The number of Topliss-reactive ketones (excluding diaryl/α,β-unsaturated/α-hetero) is 1. The van der Waals surface area contributed by atoms with Gasteiger partial charge in [0.2, 0.25) is 0 Å². The summed E-state index contributed by atoms with van der Waals surface area (Å²) in [5.74, 6) is -3.66. The lowest BCUT2D eigenvalue weighted by Gasteiger charge is -2.09. The maximum absolute atomic E-state index is 12.9. The highest BCUT2D eigenvalue weighted by atomic mass is 19.3. The van der Waals surface area contributed by atoms with Crippen molar-refractivity contribution in [3.8, 4) is 0 Å². The van der Waals surface area contributed by atoms with E-state index in [0.717, 1.165) is 18.3 Å². The number of carbonyl (C=O) groups is 1. The van der Waals surface area contributed by atoms with Gasteiger partial charge in [0.15, 0.2) is 11.8 Å². The van der Waals surface area contributed by atoms with E-state index < -0.39 is 35.8 Å². The van der Waals surface area contributed by atoms with Crippen LogP contribution in [0.15, 0.2) is 23.2 Å². The van der Waals surface area contributed by atoms with Gasteiger partial charge in [-0.1, -0.05) is 0 Å². The maximum Gasteiger partial charge on any atom is 0.267 e. The molecule has 2 rings (SSSR count). The summed E-state index contributed by atoms with van der Waals surface area (Å²) in [4.78, 5) is 14.9. The third kappa shape index (κ3) is 2.20. The number of carbonyl (C=O) groups excluding carboxylic acids is 1. The van der Waals surface area contributed by atoms with Crippen LogP contribution in [0.1, 0.15) is 11.5 Å². The van der Waals surface area contributed by atoms with Crippen LogP contribution in [-0.2, 0) is 4.79 Å². The molecule has 0 aliphatic carbocycles. The van der Waals surface area contributed by atoms with Gasteiger partial charge in [-0.05, 0) is 17.7 Å². The fourth-order valence-corrected chi connectivity index (χ4v) is 1.70. The Morgan fingerprint density at radius 1 is 1.12 bits per heavy atom. The molecule has 0 amide bonds. The molecule has 17 heavy (non-hydrogen) atoms. The van der Waals surface area contributed by atoms with E-state index in [1.807, 2.05) is 0 Å². The van der Waals surface area contributed by atoms with Crippen LogP contribution in [0.2, 0.25) is 0 Å². The summed E-state index contributed by atoms with van der Waals surface area (Å²) in [6.07, 6.45) is -1.89. The van der Waals surface area contributed by atoms with Crippen molar-refractivity contribution in [2.24, 2.45) is 4.99 Å². The Morgan fingerprint density at radius 2 is 1.71 bits per heavy atom. The van der Waals surface area contributed by atoms with Crippen molar-refractivity contribution in [3.05, 3.63) is 35.4 Å². The number of benzene rings is 1. The molecule has 0 saturated heterocycles. The summed E-state index contributed by atoms with van der Waals surface area (Å²) >= 11 is 0. The van der Waals surface area contributed by atoms with E-state index in [2.05, 4.69) is 4.99 Å². The number of ketones is 1. The Labute approximate surface area is 94.0 Å². The Hall–Kier alpha value is -1.72. The quantitative estimate of drug-likeness (QED) is 0.735. The predicted octanol–water partition coefficient (Wildman–Crippen LogP) is 2.34. The van der Waals surface area contributed by atoms with Gasteiger partial charge in [0.25, 0.3) is 6.43 Å². The number of halogens is 4. The molecule has 0 saturated carbocycles. The maximum atomic E-state index is 12.9. The second-order valence-corrected chi connectivity index (χ2v) is 3.66. The van der Waals surface area contributed by atoms with Gasteiger partial charge in [-0.15, -0.1) is 0 Å². The minimum atomic E-state index is -2.90. The average molecular weight is 245 g/mol. The zero-order valence-corrected chi connectivity index (χ0v) is 8.41. The van der Waals surface area contributed by atoms with Gasteiger partial charge in [-0.25, -0.2) is 17.6 Å². The molecule has 6 heteroatoms. The Balaban J connectivity index is 2.31. The lowest BCUT2D eigenvalue weighted by Crippen LogP contribution is -2.26. The molecule has 2 nitrogen and oxygen atoms in total. The predicted molar refractivity (Wildman–Crippen MR) is 52.4 cm³/mol. The molecule has 0 aromatic heterocycles. The fourth-order valence-electron chi connectivity index (χ4n) is 1.70. The molecule has 1 aliphatic heterocycles. The smallest absolute Gasteiger partial charge is 0.267 e. The summed E-state index contributed by atoms with van der Waals surface area (Å²) in [6, 6.07) is 0.785. The minimum Gasteiger partial charge on any atom is -0.296 e. The standard InChI is InChI=1S/C11H7F4NO/c12-6-1-5(2-7(13)3-6)8-4-16-9(10(8)17)11(14)15/h1-4,8-9,11H. The normalized spacial score (nSPS) is 23.7. The van der Waals surface area contributed by atoms with E-state index in [1.54, 1.807) is 0 Å². The van der Waals surface area contributed by atoms with Gasteiger partial charge >= 0.3 is 0 Å². The second kappa shape index (κ2) is 4.27. The lowest BCUT2D eigenvalue weighted by molar-refractivity contribution is -0.122. The van der Waals surface area contributed by atoms with Crippen LogP contribution in [0.25, 0.3) is 0 Å². The van der Waals surface area contributed by atoms with Crippen LogP contribution >= 0.6 is 0 Å². The van der Waals surface area contributed by atoms with E-state index in [9.17, 15) is 22.4 Å². The molecular formula is C11H7F4NO. The van der Waals surface area contributed by atoms with E-state index in [4.69, 9.17) is 0 Å². The van der Waals surface area contributed by atoms with Crippen molar-refractivity contribution in [1.82, 2.24) is 0 Å². The molecule has 90 valence electrons. The largest absolute Gasteiger partial charge is 0.296 e. The number of hydrogen-bond donors (Lipinski definition) is 0. The van der Waals surface area contributed by atoms with Gasteiger partial charge in [-0.2, -0.15) is 0 Å². The number of aliphatic imine (C=N–C) groups is 1. The molecule has 1 aromatic rings. The lowest BCUT2D eigenvalue weighted by atomic mass is 9.94. The van der Waals surface area contributed by atoms with Crippen molar-refractivity contribution in [3.63, 3.8) is 0 Å². The van der Waals surface area contributed by atoms with Crippen LogP contribution in [0, 0.1) is 11.6 Å². The van der Waals surface area contributed by atoms with Crippen molar-refractivity contribution in [2.45, 2.75) is 18.4 Å². The first kappa shape index (κ1) is 11.8. The van der Waals surface area contributed by atoms with Crippen molar-refractivity contribution in [2.75, 3.05) is 0 Å². The molecule has 2 unspecified atom stereocenters. The molecule has 2 atom stereocenters. The van der Waals surface area contributed by atoms with E-state index in [-0.39, 0.29) is 5.56 Å². The third-order valence-electron chi connectivity index (χ3n) is 2.48. The number of rotatable bonds is 2. The van der Waals surface area contributed by atoms with Crippen LogP contribution < -0.4 is 0 Å². The SMILES string of the molecule is O=C1C(c2cc(F)cc(F)c2)C=NC1C(F)F. The summed E-state index contributed by atoms with van der Waals surface area (Å²) in [5, 5.41) is 0. The summed E-state index contributed by atoms with van der Waals surface area (Å²) in [6.45, 7) is 0. The Kier molecular flexibility index (Phi) is 2.95. The van der Waals surface area contributed by atoms with E-state index in [1.165, 1.54) is 0 Å². The molecule has 0 radical (unpaired) electrons. The molecule has 1 aromatic carbocycles. The van der Waals surface area contributed by atoms with Gasteiger partial charge in [0.1, 0.15) is 11.6 Å². The summed E-state index contributed by atoms with van der Waals surface area (Å²) < 4.78 is 50.6. The highest BCUT2D eigenvalue weighted by molar-refractivity contribution is 6.08. The molecule has 1 aliphatic rings. The van der Waals surface area contributed by atoms with Crippen LogP contribution in [0.3, 0.4) is 0 Å². The second-order valence-electron chi connectivity index (χ2n) is 3.66. The van der Waals surface area contributed by atoms with Crippen LogP contribution in [-0.4, -0.2) is 24.5 Å². The monoisotopic (exact) mass is 245 g/mol. The van der Waals surface area contributed by atoms with Crippen molar-refractivity contribution >= 4 is 12.0 Å². The first-order valence-electron chi connectivity index (χ1n) is 4.80. The number of hydrogen-bond acceptors (Lipinski definition) is 2. The van der Waals surface area contributed by atoms with Crippen molar-refractivity contribution < 1.29 is 22.4 Å². The number of alkyl halides is 2.